The molecule has 0 saturated carbocycles. The van der Waals surface area contributed by atoms with E-state index in [1.165, 1.54) is 0 Å². The van der Waals surface area contributed by atoms with Crippen molar-refractivity contribution < 1.29 is 9.53 Å². The number of carbonyl (C=O) groups excluding carboxylic acids is 1. The SMILES string of the molecule is Cl.Cl.O=C(NCC1CCCN1c1cccnn1)C1COCCN1. The first-order valence-electron chi connectivity index (χ1n) is 7.48. The van der Waals surface area contributed by atoms with Crippen molar-refractivity contribution >= 4 is 36.5 Å². The lowest BCUT2D eigenvalue weighted by atomic mass is 10.2. The number of aromatic nitrogens is 2. The molecule has 2 saturated heterocycles. The normalized spacial score (nSPS) is 23.6. The van der Waals surface area contributed by atoms with E-state index in [4.69, 9.17) is 4.74 Å². The first-order valence-corrected chi connectivity index (χ1v) is 7.48. The molecule has 0 aliphatic carbocycles. The third-order valence-electron chi connectivity index (χ3n) is 3.98. The summed E-state index contributed by atoms with van der Waals surface area (Å²) >= 11 is 0. The Bertz CT molecular complexity index is 473. The van der Waals surface area contributed by atoms with Gasteiger partial charge in [-0.2, -0.15) is 5.10 Å². The van der Waals surface area contributed by atoms with Crippen LogP contribution in [0.4, 0.5) is 5.82 Å². The molecule has 0 aromatic carbocycles. The number of nitrogens with zero attached hydrogens (tertiary/aromatic N) is 3. The predicted octanol–water partition coefficient (Wildman–Crippen LogP) is 0.394. The molecule has 3 rings (SSSR count). The van der Waals surface area contributed by atoms with Crippen molar-refractivity contribution in [3.63, 3.8) is 0 Å². The zero-order valence-corrected chi connectivity index (χ0v) is 14.4. The molecule has 2 aliphatic rings. The van der Waals surface area contributed by atoms with Crippen molar-refractivity contribution in [1.82, 2.24) is 20.8 Å². The van der Waals surface area contributed by atoms with Gasteiger partial charge in [0.1, 0.15) is 6.04 Å². The Morgan fingerprint density at radius 1 is 1.48 bits per heavy atom. The number of morpholine rings is 1. The number of halogens is 2. The number of anilines is 1. The molecule has 2 unspecified atom stereocenters. The molecule has 2 aliphatic heterocycles. The average molecular weight is 364 g/mol. The Hall–Kier alpha value is -1.15. The second-order valence-corrected chi connectivity index (χ2v) is 5.40. The first kappa shape index (κ1) is 19.9. The van der Waals surface area contributed by atoms with Gasteiger partial charge in [-0.3, -0.25) is 4.79 Å². The molecule has 9 heteroatoms. The predicted molar refractivity (Wildman–Crippen MR) is 92.5 cm³/mol. The van der Waals surface area contributed by atoms with Crippen molar-refractivity contribution in [2.24, 2.45) is 0 Å². The molecular formula is C14H23Cl2N5O2. The largest absolute Gasteiger partial charge is 0.378 e. The molecule has 23 heavy (non-hydrogen) atoms. The summed E-state index contributed by atoms with van der Waals surface area (Å²) in [4.78, 5) is 14.3. The minimum absolute atomic E-state index is 0. The van der Waals surface area contributed by atoms with Gasteiger partial charge in [0.05, 0.1) is 13.2 Å². The number of nitrogens with one attached hydrogen (secondary N) is 2. The molecule has 2 N–H and O–H groups in total. The number of amides is 1. The van der Waals surface area contributed by atoms with Crippen LogP contribution in [0.5, 0.6) is 0 Å². The van der Waals surface area contributed by atoms with Crippen LogP contribution in [-0.2, 0) is 9.53 Å². The van der Waals surface area contributed by atoms with E-state index in [0.29, 0.717) is 19.8 Å². The van der Waals surface area contributed by atoms with E-state index >= 15 is 0 Å². The highest BCUT2D eigenvalue weighted by Gasteiger charge is 2.27. The zero-order valence-electron chi connectivity index (χ0n) is 12.8. The molecule has 2 fully saturated rings. The second kappa shape index (κ2) is 9.87. The number of rotatable bonds is 4. The Morgan fingerprint density at radius 3 is 3.04 bits per heavy atom. The Balaban J connectivity index is 0.00000132. The van der Waals surface area contributed by atoms with Gasteiger partial charge in [0, 0.05) is 31.9 Å². The minimum Gasteiger partial charge on any atom is -0.378 e. The van der Waals surface area contributed by atoms with Crippen molar-refractivity contribution in [2.75, 3.05) is 37.7 Å². The van der Waals surface area contributed by atoms with E-state index in [0.717, 1.165) is 31.7 Å². The second-order valence-electron chi connectivity index (χ2n) is 5.40. The van der Waals surface area contributed by atoms with E-state index in [-0.39, 0.29) is 42.8 Å². The molecule has 0 spiro atoms. The molecular weight excluding hydrogens is 341 g/mol. The van der Waals surface area contributed by atoms with E-state index in [2.05, 4.69) is 25.7 Å². The maximum absolute atomic E-state index is 12.1. The summed E-state index contributed by atoms with van der Waals surface area (Å²) in [7, 11) is 0. The maximum atomic E-state index is 12.1. The zero-order chi connectivity index (χ0) is 14.5. The van der Waals surface area contributed by atoms with Crippen molar-refractivity contribution in [3.05, 3.63) is 18.3 Å². The summed E-state index contributed by atoms with van der Waals surface area (Å²) in [5.41, 5.74) is 0. The third-order valence-corrected chi connectivity index (χ3v) is 3.98. The van der Waals surface area contributed by atoms with Crippen LogP contribution in [0.1, 0.15) is 12.8 Å². The van der Waals surface area contributed by atoms with Crippen LogP contribution in [0.15, 0.2) is 18.3 Å². The first-order chi connectivity index (χ1) is 10.3. The monoisotopic (exact) mass is 363 g/mol. The van der Waals surface area contributed by atoms with E-state index < -0.39 is 0 Å². The Kier molecular flexibility index (Phi) is 8.54. The van der Waals surface area contributed by atoms with Gasteiger partial charge in [0.25, 0.3) is 0 Å². The highest BCUT2D eigenvalue weighted by atomic mass is 35.5. The van der Waals surface area contributed by atoms with Crippen LogP contribution in [0.25, 0.3) is 0 Å². The number of carbonyl (C=O) groups is 1. The molecule has 1 aromatic rings. The lowest BCUT2D eigenvalue weighted by Crippen LogP contribution is -2.53. The lowest BCUT2D eigenvalue weighted by Gasteiger charge is -2.27. The molecule has 7 nitrogen and oxygen atoms in total. The molecule has 0 radical (unpaired) electrons. The minimum atomic E-state index is -0.231. The molecule has 0 bridgehead atoms. The van der Waals surface area contributed by atoms with Gasteiger partial charge >= 0.3 is 0 Å². The van der Waals surface area contributed by atoms with Crippen LogP contribution in [0.3, 0.4) is 0 Å². The van der Waals surface area contributed by atoms with Crippen LogP contribution in [0, 0.1) is 0 Å². The summed E-state index contributed by atoms with van der Waals surface area (Å²) in [5, 5.41) is 14.3. The van der Waals surface area contributed by atoms with Gasteiger partial charge in [0.15, 0.2) is 5.82 Å². The fourth-order valence-corrected chi connectivity index (χ4v) is 2.87. The fourth-order valence-electron chi connectivity index (χ4n) is 2.87. The van der Waals surface area contributed by atoms with Gasteiger partial charge < -0.3 is 20.3 Å². The number of hydrogen-bond donors (Lipinski definition) is 2. The molecule has 2 atom stereocenters. The number of hydrogen-bond acceptors (Lipinski definition) is 6. The summed E-state index contributed by atoms with van der Waals surface area (Å²) < 4.78 is 5.31. The van der Waals surface area contributed by atoms with Gasteiger partial charge in [-0.15, -0.1) is 29.9 Å². The fraction of sp³-hybridized carbons (Fsp3) is 0.643. The highest BCUT2D eigenvalue weighted by Crippen LogP contribution is 2.22. The smallest absolute Gasteiger partial charge is 0.239 e. The van der Waals surface area contributed by atoms with Crippen LogP contribution in [0.2, 0.25) is 0 Å². The third kappa shape index (κ3) is 5.17. The van der Waals surface area contributed by atoms with E-state index in [1.54, 1.807) is 6.20 Å². The summed E-state index contributed by atoms with van der Waals surface area (Å²) in [6.45, 7) is 3.45. The standard InChI is InChI=1S/C14H21N5O2.2ClH/c20-14(12-10-21-8-6-15-12)16-9-11-3-2-7-19(11)13-4-1-5-17-18-13;;/h1,4-5,11-12,15H,2-3,6-10H2,(H,16,20);2*1H. The Morgan fingerprint density at radius 2 is 2.35 bits per heavy atom. The van der Waals surface area contributed by atoms with Crippen LogP contribution in [-0.4, -0.2) is 61.0 Å². The van der Waals surface area contributed by atoms with E-state index in [9.17, 15) is 4.79 Å². The molecule has 3 heterocycles. The maximum Gasteiger partial charge on any atom is 0.239 e. The average Bonchev–Trinajstić information content (AvgIpc) is 3.03. The summed E-state index contributed by atoms with van der Waals surface area (Å²) in [6, 6.07) is 3.91. The van der Waals surface area contributed by atoms with Gasteiger partial charge in [-0.05, 0) is 25.0 Å². The summed E-state index contributed by atoms with van der Waals surface area (Å²) in [6.07, 6.45) is 3.85. The van der Waals surface area contributed by atoms with Crippen molar-refractivity contribution in [2.45, 2.75) is 24.9 Å². The van der Waals surface area contributed by atoms with Gasteiger partial charge in [-0.25, -0.2) is 0 Å². The van der Waals surface area contributed by atoms with Crippen LogP contribution < -0.4 is 15.5 Å². The molecule has 1 amide bonds. The highest BCUT2D eigenvalue weighted by molar-refractivity contribution is 5.85. The van der Waals surface area contributed by atoms with Gasteiger partial charge in [-0.1, -0.05) is 0 Å². The van der Waals surface area contributed by atoms with E-state index in [1.807, 2.05) is 12.1 Å². The quantitative estimate of drug-likeness (QED) is 0.805. The lowest BCUT2D eigenvalue weighted by molar-refractivity contribution is -0.125. The van der Waals surface area contributed by atoms with Crippen molar-refractivity contribution in [1.29, 1.82) is 0 Å². The number of ether oxygens (including phenoxy) is 1. The Labute approximate surface area is 148 Å². The summed E-state index contributed by atoms with van der Waals surface area (Å²) in [5.74, 6) is 0.897. The van der Waals surface area contributed by atoms with Crippen molar-refractivity contribution in [3.8, 4) is 0 Å². The molecule has 1 aromatic heterocycles. The topological polar surface area (TPSA) is 79.4 Å². The molecule has 130 valence electrons. The van der Waals surface area contributed by atoms with Gasteiger partial charge in [0.2, 0.25) is 5.91 Å². The van der Waals surface area contributed by atoms with Crippen LogP contribution >= 0.6 is 24.8 Å².